The Bertz CT molecular complexity index is 840. The number of carbonyl (C=O) groups excluding carboxylic acids is 1. The van der Waals surface area contributed by atoms with E-state index in [1.54, 1.807) is 24.3 Å². The van der Waals surface area contributed by atoms with Gasteiger partial charge < -0.3 is 0 Å². The van der Waals surface area contributed by atoms with E-state index in [4.69, 9.17) is 11.6 Å². The van der Waals surface area contributed by atoms with Crippen LogP contribution in [0.4, 0.5) is 0 Å². The summed E-state index contributed by atoms with van der Waals surface area (Å²) in [5.74, 6) is -0.00984. The zero-order valence-corrected chi connectivity index (χ0v) is 14.4. The predicted molar refractivity (Wildman–Crippen MR) is 103 cm³/mol. The zero-order chi connectivity index (χ0) is 16.8. The molecule has 0 atom stereocenters. The summed E-state index contributed by atoms with van der Waals surface area (Å²) in [6.45, 7) is 0. The van der Waals surface area contributed by atoms with Gasteiger partial charge in [0.05, 0.1) is 4.91 Å². The first kappa shape index (κ1) is 16.6. The minimum atomic E-state index is -0.00984. The minimum absolute atomic E-state index is 0.00984. The van der Waals surface area contributed by atoms with Gasteiger partial charge in [0.1, 0.15) is 0 Å². The van der Waals surface area contributed by atoms with Gasteiger partial charge in [-0.05, 0) is 48.0 Å². The summed E-state index contributed by atoms with van der Waals surface area (Å²) in [6.07, 6.45) is 1.93. The molecule has 0 N–H and O–H groups in total. The lowest BCUT2D eigenvalue weighted by molar-refractivity contribution is 0.104. The van der Waals surface area contributed by atoms with Gasteiger partial charge in [-0.2, -0.15) is 0 Å². The van der Waals surface area contributed by atoms with Crippen LogP contribution in [0.15, 0.2) is 94.7 Å². The molecule has 24 heavy (non-hydrogen) atoms. The van der Waals surface area contributed by atoms with Crippen LogP contribution in [-0.4, -0.2) is 5.78 Å². The Hall–Kier alpha value is -2.29. The van der Waals surface area contributed by atoms with E-state index >= 15 is 0 Å². The second kappa shape index (κ2) is 8.00. The number of thioether (sulfide) groups is 1. The Kier molecular flexibility index (Phi) is 5.52. The largest absolute Gasteiger partial charge is 0.288 e. The van der Waals surface area contributed by atoms with E-state index in [9.17, 15) is 4.79 Å². The molecule has 118 valence electrons. The van der Waals surface area contributed by atoms with Gasteiger partial charge in [-0.15, -0.1) is 0 Å². The quantitative estimate of drug-likeness (QED) is 0.302. The smallest absolute Gasteiger partial charge is 0.199 e. The molecule has 0 radical (unpaired) electrons. The van der Waals surface area contributed by atoms with Crippen LogP contribution in [0.1, 0.15) is 15.9 Å². The molecular formula is C21H15ClOS. The minimum Gasteiger partial charge on any atom is -0.288 e. The van der Waals surface area contributed by atoms with Crippen LogP contribution in [0.25, 0.3) is 6.08 Å². The van der Waals surface area contributed by atoms with Gasteiger partial charge in [0, 0.05) is 15.5 Å². The van der Waals surface area contributed by atoms with E-state index in [2.05, 4.69) is 0 Å². The van der Waals surface area contributed by atoms with Crippen molar-refractivity contribution in [2.24, 2.45) is 0 Å². The molecule has 0 spiro atoms. The van der Waals surface area contributed by atoms with Gasteiger partial charge >= 0.3 is 0 Å². The summed E-state index contributed by atoms with van der Waals surface area (Å²) in [7, 11) is 0. The van der Waals surface area contributed by atoms with Gasteiger partial charge in [-0.3, -0.25) is 4.79 Å². The summed E-state index contributed by atoms with van der Waals surface area (Å²) in [5, 5.41) is 0.621. The van der Waals surface area contributed by atoms with Crippen molar-refractivity contribution in [3.63, 3.8) is 0 Å². The Morgan fingerprint density at radius 1 is 0.792 bits per heavy atom. The lowest BCUT2D eigenvalue weighted by Gasteiger charge is -2.07. The van der Waals surface area contributed by atoms with Gasteiger partial charge in [0.15, 0.2) is 5.78 Å². The van der Waals surface area contributed by atoms with E-state index in [1.165, 1.54) is 11.8 Å². The third-order valence-electron chi connectivity index (χ3n) is 3.40. The fourth-order valence-electron chi connectivity index (χ4n) is 2.20. The lowest BCUT2D eigenvalue weighted by atomic mass is 10.1. The third-order valence-corrected chi connectivity index (χ3v) is 4.68. The molecule has 3 rings (SSSR count). The molecule has 3 heteroatoms. The molecular weight excluding hydrogens is 336 g/mol. The standard InChI is InChI=1S/C21H15ClOS/c22-18-13-11-17(12-14-18)21(23)20(15-16-7-3-1-4-8-16)24-19-9-5-2-6-10-19/h1-15H/b20-15-. The number of hydrogen-bond donors (Lipinski definition) is 0. The maximum atomic E-state index is 12.9. The molecule has 0 aliphatic rings. The highest BCUT2D eigenvalue weighted by atomic mass is 35.5. The second-order valence-corrected chi connectivity index (χ2v) is 6.72. The molecule has 0 aliphatic heterocycles. The Morgan fingerprint density at radius 3 is 2.00 bits per heavy atom. The van der Waals surface area contributed by atoms with E-state index in [0.29, 0.717) is 15.5 Å². The highest BCUT2D eigenvalue weighted by molar-refractivity contribution is 8.04. The van der Waals surface area contributed by atoms with Crippen LogP contribution in [0.3, 0.4) is 0 Å². The molecule has 3 aromatic carbocycles. The molecule has 0 aromatic heterocycles. The van der Waals surface area contributed by atoms with E-state index in [0.717, 1.165) is 10.5 Å². The van der Waals surface area contributed by atoms with E-state index < -0.39 is 0 Å². The first-order valence-electron chi connectivity index (χ1n) is 7.52. The maximum absolute atomic E-state index is 12.9. The molecule has 0 saturated heterocycles. The fourth-order valence-corrected chi connectivity index (χ4v) is 3.28. The van der Waals surface area contributed by atoms with Gasteiger partial charge in [0.25, 0.3) is 0 Å². The number of benzene rings is 3. The van der Waals surface area contributed by atoms with Gasteiger partial charge in [-0.25, -0.2) is 0 Å². The topological polar surface area (TPSA) is 17.1 Å². The maximum Gasteiger partial charge on any atom is 0.199 e. The summed E-state index contributed by atoms with van der Waals surface area (Å²) < 4.78 is 0. The summed E-state index contributed by atoms with van der Waals surface area (Å²) >= 11 is 7.39. The van der Waals surface area contributed by atoms with E-state index in [-0.39, 0.29) is 5.78 Å². The van der Waals surface area contributed by atoms with Crippen LogP contribution in [-0.2, 0) is 0 Å². The molecule has 0 amide bonds. The van der Waals surface area contributed by atoms with Crippen LogP contribution < -0.4 is 0 Å². The monoisotopic (exact) mass is 350 g/mol. The SMILES string of the molecule is O=C(/C(=C/c1ccccc1)Sc1ccccc1)c1ccc(Cl)cc1. The van der Waals surface area contributed by atoms with Crippen molar-refractivity contribution in [1.29, 1.82) is 0 Å². The van der Waals surface area contributed by atoms with Crippen LogP contribution in [0.2, 0.25) is 5.02 Å². The van der Waals surface area contributed by atoms with Crippen molar-refractivity contribution in [2.75, 3.05) is 0 Å². The van der Waals surface area contributed by atoms with Crippen LogP contribution >= 0.6 is 23.4 Å². The molecule has 0 saturated carbocycles. The summed E-state index contributed by atoms with van der Waals surface area (Å²) in [4.78, 5) is 14.6. The Labute approximate surface area is 151 Å². The Morgan fingerprint density at radius 2 is 1.38 bits per heavy atom. The number of ketones is 1. The number of allylic oxidation sites excluding steroid dienone is 1. The lowest BCUT2D eigenvalue weighted by Crippen LogP contribution is -2.00. The molecule has 0 heterocycles. The molecule has 3 aromatic rings. The first-order chi connectivity index (χ1) is 11.7. The number of halogens is 1. The number of hydrogen-bond acceptors (Lipinski definition) is 2. The third kappa shape index (κ3) is 4.38. The van der Waals surface area contributed by atoms with Crippen LogP contribution in [0, 0.1) is 0 Å². The number of Topliss-reactive ketones (excluding diaryl/α,β-unsaturated/α-hetero) is 1. The molecule has 0 bridgehead atoms. The summed E-state index contributed by atoms with van der Waals surface area (Å²) in [5.41, 5.74) is 1.63. The highest BCUT2D eigenvalue weighted by Gasteiger charge is 2.14. The molecule has 0 fully saturated rings. The molecule has 1 nitrogen and oxygen atoms in total. The second-order valence-electron chi connectivity index (χ2n) is 5.17. The van der Waals surface area contributed by atoms with Crippen molar-refractivity contribution in [1.82, 2.24) is 0 Å². The predicted octanol–water partition coefficient (Wildman–Crippen LogP) is 6.36. The zero-order valence-electron chi connectivity index (χ0n) is 12.9. The highest BCUT2D eigenvalue weighted by Crippen LogP contribution is 2.31. The molecule has 0 unspecified atom stereocenters. The molecule has 0 aliphatic carbocycles. The van der Waals surface area contributed by atoms with E-state index in [1.807, 2.05) is 66.7 Å². The van der Waals surface area contributed by atoms with Crippen molar-refractivity contribution in [2.45, 2.75) is 4.90 Å². The van der Waals surface area contributed by atoms with Crippen molar-refractivity contribution < 1.29 is 4.79 Å². The fraction of sp³-hybridized carbons (Fsp3) is 0. The van der Waals surface area contributed by atoms with Gasteiger partial charge in [0.2, 0.25) is 0 Å². The van der Waals surface area contributed by atoms with Crippen molar-refractivity contribution >= 4 is 35.2 Å². The van der Waals surface area contributed by atoms with Crippen molar-refractivity contribution in [3.05, 3.63) is 106 Å². The van der Waals surface area contributed by atoms with Gasteiger partial charge in [-0.1, -0.05) is 71.9 Å². The number of carbonyl (C=O) groups is 1. The first-order valence-corrected chi connectivity index (χ1v) is 8.72. The van der Waals surface area contributed by atoms with Crippen LogP contribution in [0.5, 0.6) is 0 Å². The number of rotatable bonds is 5. The summed E-state index contributed by atoms with van der Waals surface area (Å²) in [6, 6.07) is 26.7. The Balaban J connectivity index is 1.96. The normalized spacial score (nSPS) is 11.3. The average Bonchev–Trinajstić information content (AvgIpc) is 2.63. The van der Waals surface area contributed by atoms with Crippen molar-refractivity contribution in [3.8, 4) is 0 Å². The average molecular weight is 351 g/mol.